The fraction of sp³-hybridized carbons (Fsp3) is 0.533. The zero-order valence-electron chi connectivity index (χ0n) is 12.1. The molecular formula is C15H22N2O2S. The molecule has 5 heteroatoms. The lowest BCUT2D eigenvalue weighted by atomic mass is 9.93. The number of aromatic hydroxyl groups is 1. The van der Waals surface area contributed by atoms with Crippen LogP contribution in [0.1, 0.15) is 33.1 Å². The van der Waals surface area contributed by atoms with Crippen molar-refractivity contribution in [1.29, 1.82) is 0 Å². The maximum absolute atomic E-state index is 9.70. The van der Waals surface area contributed by atoms with Gasteiger partial charge in [-0.15, -0.1) is 0 Å². The molecule has 3 N–H and O–H groups in total. The summed E-state index contributed by atoms with van der Waals surface area (Å²) in [5.41, 5.74) is 6.35. The quantitative estimate of drug-likeness (QED) is 0.818. The van der Waals surface area contributed by atoms with Gasteiger partial charge in [0.25, 0.3) is 0 Å². The normalized spacial score (nSPS) is 16.4. The van der Waals surface area contributed by atoms with Gasteiger partial charge >= 0.3 is 0 Å². The molecule has 0 aliphatic carbocycles. The summed E-state index contributed by atoms with van der Waals surface area (Å²) in [7, 11) is 0. The Bertz CT molecular complexity index is 501. The maximum atomic E-state index is 9.70. The molecule has 0 bridgehead atoms. The Hall–Kier alpha value is -1.49. The van der Waals surface area contributed by atoms with E-state index < -0.39 is 0 Å². The lowest BCUT2D eigenvalue weighted by Gasteiger charge is -2.44. The first-order chi connectivity index (χ1) is 9.49. The van der Waals surface area contributed by atoms with Gasteiger partial charge in [-0.05, 0) is 25.0 Å². The number of nitrogens with two attached hydrogens (primary N) is 1. The first-order valence-electron chi connectivity index (χ1n) is 7.05. The van der Waals surface area contributed by atoms with E-state index in [-0.39, 0.29) is 11.4 Å². The topological polar surface area (TPSA) is 58.7 Å². The smallest absolute Gasteiger partial charge is 0.143 e. The van der Waals surface area contributed by atoms with Crippen LogP contribution in [0.4, 0.5) is 5.69 Å². The van der Waals surface area contributed by atoms with Crippen molar-refractivity contribution >= 4 is 22.9 Å². The molecule has 0 atom stereocenters. The van der Waals surface area contributed by atoms with Crippen molar-refractivity contribution in [1.82, 2.24) is 0 Å². The van der Waals surface area contributed by atoms with E-state index in [2.05, 4.69) is 18.7 Å². The van der Waals surface area contributed by atoms with E-state index in [1.165, 1.54) is 0 Å². The van der Waals surface area contributed by atoms with E-state index in [9.17, 15) is 5.11 Å². The predicted octanol–water partition coefficient (Wildman–Crippen LogP) is 2.83. The van der Waals surface area contributed by atoms with Crippen molar-refractivity contribution < 1.29 is 9.84 Å². The molecule has 2 rings (SSSR count). The highest BCUT2D eigenvalue weighted by Gasteiger charge is 2.36. The van der Waals surface area contributed by atoms with Gasteiger partial charge in [-0.3, -0.25) is 0 Å². The lowest BCUT2D eigenvalue weighted by Crippen LogP contribution is -2.51. The zero-order valence-corrected chi connectivity index (χ0v) is 12.9. The van der Waals surface area contributed by atoms with Crippen molar-refractivity contribution in [3.63, 3.8) is 0 Å². The molecule has 0 saturated carbocycles. The van der Waals surface area contributed by atoms with Crippen molar-refractivity contribution in [2.45, 2.75) is 38.7 Å². The van der Waals surface area contributed by atoms with Crippen LogP contribution in [0.3, 0.4) is 0 Å². The lowest BCUT2D eigenvalue weighted by molar-refractivity contribution is 0.0575. The molecule has 0 spiro atoms. The second kappa shape index (κ2) is 5.87. The molecular weight excluding hydrogens is 272 g/mol. The number of hydrogen-bond donors (Lipinski definition) is 2. The molecule has 1 aromatic rings. The predicted molar refractivity (Wildman–Crippen MR) is 85.7 cm³/mol. The first-order valence-corrected chi connectivity index (χ1v) is 7.46. The van der Waals surface area contributed by atoms with Crippen molar-refractivity contribution in [3.8, 4) is 11.5 Å². The van der Waals surface area contributed by atoms with E-state index in [4.69, 9.17) is 22.7 Å². The summed E-state index contributed by atoms with van der Waals surface area (Å²) in [5, 5.41) is 9.70. The Morgan fingerprint density at radius 3 is 2.75 bits per heavy atom. The summed E-state index contributed by atoms with van der Waals surface area (Å²) >= 11 is 4.97. The van der Waals surface area contributed by atoms with Crippen LogP contribution in [0.25, 0.3) is 0 Å². The van der Waals surface area contributed by atoms with E-state index in [1.54, 1.807) is 12.1 Å². The Labute approximate surface area is 125 Å². The SMILES string of the molecule is CCC1(CC)CN(CCC(N)=S)c2cc(O)ccc2O1. The van der Waals surface area contributed by atoms with Crippen LogP contribution in [0.5, 0.6) is 11.5 Å². The molecule has 1 aliphatic heterocycles. The third kappa shape index (κ3) is 2.98. The van der Waals surface area contributed by atoms with Crippen LogP contribution in [0.2, 0.25) is 0 Å². The highest BCUT2D eigenvalue weighted by molar-refractivity contribution is 7.80. The van der Waals surface area contributed by atoms with Crippen LogP contribution < -0.4 is 15.4 Å². The maximum Gasteiger partial charge on any atom is 0.143 e. The van der Waals surface area contributed by atoms with Crippen LogP contribution in [-0.2, 0) is 0 Å². The van der Waals surface area contributed by atoms with E-state index in [1.807, 2.05) is 6.07 Å². The molecule has 1 heterocycles. The number of thiocarbonyl (C=S) groups is 1. The number of anilines is 1. The third-order valence-corrected chi connectivity index (χ3v) is 4.21. The van der Waals surface area contributed by atoms with Gasteiger partial charge in [0.05, 0.1) is 17.2 Å². The van der Waals surface area contributed by atoms with Crippen molar-refractivity contribution in [2.24, 2.45) is 5.73 Å². The van der Waals surface area contributed by atoms with E-state index >= 15 is 0 Å². The second-order valence-corrected chi connectivity index (χ2v) is 5.81. The van der Waals surface area contributed by atoms with Crippen LogP contribution in [0.15, 0.2) is 18.2 Å². The number of phenols is 1. The van der Waals surface area contributed by atoms with Gasteiger partial charge in [0, 0.05) is 19.0 Å². The molecule has 1 aliphatic rings. The number of rotatable bonds is 5. The average Bonchev–Trinajstić information content (AvgIpc) is 2.44. The number of phenolic OH excluding ortho intramolecular Hbond substituents is 1. The molecule has 4 nitrogen and oxygen atoms in total. The van der Waals surface area contributed by atoms with Gasteiger partial charge < -0.3 is 20.5 Å². The third-order valence-electron chi connectivity index (χ3n) is 4.01. The average molecular weight is 294 g/mol. The summed E-state index contributed by atoms with van der Waals surface area (Å²) in [6, 6.07) is 5.23. The van der Waals surface area contributed by atoms with Crippen LogP contribution in [0, 0.1) is 0 Å². The Balaban J connectivity index is 2.33. The minimum absolute atomic E-state index is 0.180. The summed E-state index contributed by atoms with van der Waals surface area (Å²) in [6.45, 7) is 5.82. The van der Waals surface area contributed by atoms with Crippen LogP contribution in [-0.4, -0.2) is 28.8 Å². The zero-order chi connectivity index (χ0) is 14.8. The second-order valence-electron chi connectivity index (χ2n) is 5.28. The largest absolute Gasteiger partial charge is 0.508 e. The minimum atomic E-state index is -0.180. The van der Waals surface area contributed by atoms with Crippen molar-refractivity contribution in [2.75, 3.05) is 18.0 Å². The monoisotopic (exact) mass is 294 g/mol. The Kier molecular flexibility index (Phi) is 4.38. The van der Waals surface area contributed by atoms with E-state index in [0.717, 1.165) is 37.4 Å². The van der Waals surface area contributed by atoms with E-state index in [0.29, 0.717) is 11.4 Å². The van der Waals surface area contributed by atoms with Gasteiger partial charge in [-0.25, -0.2) is 0 Å². The molecule has 20 heavy (non-hydrogen) atoms. The number of benzene rings is 1. The molecule has 110 valence electrons. The number of hydrogen-bond acceptors (Lipinski definition) is 4. The van der Waals surface area contributed by atoms with Gasteiger partial charge in [-0.1, -0.05) is 26.1 Å². The number of fused-ring (bicyclic) bond motifs is 1. The fourth-order valence-electron chi connectivity index (χ4n) is 2.60. The Morgan fingerprint density at radius 2 is 2.15 bits per heavy atom. The highest BCUT2D eigenvalue weighted by Crippen LogP contribution is 2.41. The van der Waals surface area contributed by atoms with Gasteiger partial charge in [0.15, 0.2) is 0 Å². The Morgan fingerprint density at radius 1 is 1.45 bits per heavy atom. The van der Waals surface area contributed by atoms with Crippen molar-refractivity contribution in [3.05, 3.63) is 18.2 Å². The molecule has 0 radical (unpaired) electrons. The fourth-order valence-corrected chi connectivity index (χ4v) is 2.69. The molecule has 0 saturated heterocycles. The molecule has 0 amide bonds. The van der Waals surface area contributed by atoms with Gasteiger partial charge in [0.1, 0.15) is 17.1 Å². The number of ether oxygens (including phenoxy) is 1. The van der Waals surface area contributed by atoms with Crippen LogP contribution >= 0.6 is 12.2 Å². The first kappa shape index (κ1) is 14.9. The van der Waals surface area contributed by atoms with Gasteiger partial charge in [0.2, 0.25) is 0 Å². The minimum Gasteiger partial charge on any atom is -0.508 e. The molecule has 1 aromatic carbocycles. The standard InChI is InChI=1S/C15H22N2O2S/c1-3-15(4-2)10-17(8-7-14(16)20)12-9-11(18)5-6-13(12)19-15/h5-6,9,18H,3-4,7-8,10H2,1-2H3,(H2,16,20). The summed E-state index contributed by atoms with van der Waals surface area (Å²) in [4.78, 5) is 2.72. The summed E-state index contributed by atoms with van der Waals surface area (Å²) < 4.78 is 6.19. The summed E-state index contributed by atoms with van der Waals surface area (Å²) in [6.07, 6.45) is 2.54. The molecule has 0 unspecified atom stereocenters. The number of nitrogens with zero attached hydrogens (tertiary/aromatic N) is 1. The van der Waals surface area contributed by atoms with Gasteiger partial charge in [-0.2, -0.15) is 0 Å². The molecule has 0 aromatic heterocycles. The molecule has 0 fully saturated rings. The summed E-state index contributed by atoms with van der Waals surface area (Å²) in [5.74, 6) is 1.06. The highest BCUT2D eigenvalue weighted by atomic mass is 32.1.